The molecule has 0 aliphatic carbocycles. The minimum absolute atomic E-state index is 0.210. The number of anilines is 2. The van der Waals surface area contributed by atoms with Gasteiger partial charge in [0.05, 0.1) is 18.9 Å². The first kappa shape index (κ1) is 29.4. The number of rotatable bonds is 13. The van der Waals surface area contributed by atoms with Crippen molar-refractivity contribution in [2.45, 2.75) is 64.7 Å². The van der Waals surface area contributed by atoms with Gasteiger partial charge in [0.25, 0.3) is 0 Å². The predicted molar refractivity (Wildman–Crippen MR) is 168 cm³/mol. The maximum Gasteiger partial charge on any atom is 0.421 e. The Morgan fingerprint density at radius 3 is 2.56 bits per heavy atom. The van der Waals surface area contributed by atoms with Crippen LogP contribution in [0.25, 0.3) is 10.1 Å². The monoisotopic (exact) mass is 577 g/mol. The van der Waals surface area contributed by atoms with Gasteiger partial charge in [-0.2, -0.15) is 0 Å². The summed E-state index contributed by atoms with van der Waals surface area (Å²) in [6.07, 6.45) is 7.77. The first-order valence-corrected chi connectivity index (χ1v) is 16.2. The molecule has 5 rings (SSSR count). The van der Waals surface area contributed by atoms with Crippen LogP contribution in [0.5, 0.6) is 5.75 Å². The molecule has 0 spiro atoms. The molecule has 0 N–H and O–H groups in total. The number of fused-ring (bicyclic) bond motifs is 2. The molecule has 8 heteroatoms. The molecule has 2 aliphatic rings. The third kappa shape index (κ3) is 7.60. The summed E-state index contributed by atoms with van der Waals surface area (Å²) in [7, 11) is 0. The largest absolute Gasteiger partial charge is 0.494 e. The number of aryl methyl sites for hydroxylation is 1. The Labute approximate surface area is 248 Å². The lowest BCUT2D eigenvalue weighted by atomic mass is 10.0. The van der Waals surface area contributed by atoms with E-state index in [1.807, 2.05) is 18.2 Å². The smallest absolute Gasteiger partial charge is 0.421 e. The number of piperazine rings is 1. The van der Waals surface area contributed by atoms with Crippen LogP contribution in [-0.2, 0) is 16.0 Å². The van der Waals surface area contributed by atoms with E-state index in [-0.39, 0.29) is 5.91 Å². The molecule has 2 aliphatic heterocycles. The van der Waals surface area contributed by atoms with Gasteiger partial charge in [0.1, 0.15) is 5.75 Å². The van der Waals surface area contributed by atoms with Crippen LogP contribution in [0.2, 0.25) is 0 Å². The average Bonchev–Trinajstić information content (AvgIpc) is 3.48. The van der Waals surface area contributed by atoms with Crippen LogP contribution in [0, 0.1) is 0 Å². The highest BCUT2D eigenvalue weighted by Gasteiger charge is 2.31. The van der Waals surface area contributed by atoms with Gasteiger partial charge in [-0.15, -0.1) is 11.3 Å². The van der Waals surface area contributed by atoms with E-state index in [2.05, 4.69) is 46.4 Å². The molecule has 2 amide bonds. The number of carbonyl (C=O) groups is 2. The molecule has 0 saturated carbocycles. The summed E-state index contributed by atoms with van der Waals surface area (Å²) in [5, 5.41) is 3.55. The second-order valence-corrected chi connectivity index (χ2v) is 12.0. The van der Waals surface area contributed by atoms with Gasteiger partial charge in [0.15, 0.2) is 0 Å². The second kappa shape index (κ2) is 14.7. The highest BCUT2D eigenvalue weighted by molar-refractivity contribution is 7.17. The van der Waals surface area contributed by atoms with Crippen LogP contribution in [0.4, 0.5) is 16.2 Å². The Hall–Kier alpha value is -3.10. The molecule has 7 nitrogen and oxygen atoms in total. The quantitative estimate of drug-likeness (QED) is 0.199. The van der Waals surface area contributed by atoms with E-state index in [0.29, 0.717) is 37.5 Å². The summed E-state index contributed by atoms with van der Waals surface area (Å²) in [5.74, 6) is 0.477. The minimum Gasteiger partial charge on any atom is -0.494 e. The van der Waals surface area contributed by atoms with Gasteiger partial charge >= 0.3 is 6.09 Å². The zero-order valence-corrected chi connectivity index (χ0v) is 25.1. The minimum atomic E-state index is -0.573. The zero-order chi connectivity index (χ0) is 28.4. The van der Waals surface area contributed by atoms with Crippen molar-refractivity contribution >= 4 is 44.8 Å². The van der Waals surface area contributed by atoms with Crippen molar-refractivity contribution in [3.05, 3.63) is 53.4 Å². The normalized spacial score (nSPS) is 15.8. The van der Waals surface area contributed by atoms with E-state index < -0.39 is 6.09 Å². The molecule has 1 saturated heterocycles. The van der Waals surface area contributed by atoms with Gasteiger partial charge in [-0.1, -0.05) is 44.7 Å². The van der Waals surface area contributed by atoms with Crippen molar-refractivity contribution in [1.29, 1.82) is 0 Å². The Morgan fingerprint density at radius 2 is 1.71 bits per heavy atom. The van der Waals surface area contributed by atoms with Gasteiger partial charge < -0.3 is 14.4 Å². The third-order valence-electron chi connectivity index (χ3n) is 8.13. The number of nitrogens with zero attached hydrogens (tertiary/aromatic N) is 3. The number of ether oxygens (including phenoxy) is 2. The van der Waals surface area contributed by atoms with E-state index in [1.54, 1.807) is 11.3 Å². The number of benzene rings is 2. The van der Waals surface area contributed by atoms with Crippen molar-refractivity contribution in [2.75, 3.05) is 55.7 Å². The van der Waals surface area contributed by atoms with Crippen molar-refractivity contribution in [1.82, 2.24) is 4.90 Å². The summed E-state index contributed by atoms with van der Waals surface area (Å²) in [6, 6.07) is 14.6. The number of amides is 2. The summed E-state index contributed by atoms with van der Waals surface area (Å²) >= 11 is 1.81. The lowest BCUT2D eigenvalue weighted by molar-refractivity contribution is -0.118. The summed E-state index contributed by atoms with van der Waals surface area (Å²) in [4.78, 5) is 31.7. The highest BCUT2D eigenvalue weighted by Crippen LogP contribution is 2.33. The van der Waals surface area contributed by atoms with E-state index in [1.165, 1.54) is 33.5 Å². The fourth-order valence-electron chi connectivity index (χ4n) is 5.76. The van der Waals surface area contributed by atoms with E-state index >= 15 is 0 Å². The maximum absolute atomic E-state index is 12.8. The van der Waals surface area contributed by atoms with Crippen LogP contribution < -0.4 is 14.5 Å². The molecule has 0 bridgehead atoms. The van der Waals surface area contributed by atoms with Crippen LogP contribution in [0.15, 0.2) is 47.8 Å². The molecule has 0 atom stereocenters. The Morgan fingerprint density at radius 1 is 0.878 bits per heavy atom. The van der Waals surface area contributed by atoms with Crippen molar-refractivity contribution in [3.8, 4) is 5.75 Å². The number of imide groups is 1. The van der Waals surface area contributed by atoms with Gasteiger partial charge in [0.2, 0.25) is 5.91 Å². The molecular weight excluding hydrogens is 534 g/mol. The number of hydrogen-bond acceptors (Lipinski definition) is 7. The molecule has 0 radical (unpaired) electrons. The highest BCUT2D eigenvalue weighted by atomic mass is 32.1. The topological polar surface area (TPSA) is 62.3 Å². The zero-order valence-electron chi connectivity index (χ0n) is 24.3. The lowest BCUT2D eigenvalue weighted by Gasteiger charge is -2.36. The van der Waals surface area contributed by atoms with Crippen LogP contribution in [-0.4, -0.2) is 62.8 Å². The number of thiophene rings is 1. The van der Waals surface area contributed by atoms with Crippen LogP contribution in [0.1, 0.15) is 63.9 Å². The number of hydrogen-bond donors (Lipinski definition) is 0. The van der Waals surface area contributed by atoms with E-state index in [9.17, 15) is 9.59 Å². The Bertz CT molecular complexity index is 1300. The molecule has 220 valence electrons. The number of carbonyl (C=O) groups excluding carboxylic acids is 2. The molecule has 3 aromatic rings. The average molecular weight is 578 g/mol. The van der Waals surface area contributed by atoms with Crippen LogP contribution in [0.3, 0.4) is 0 Å². The fourth-order valence-corrected chi connectivity index (χ4v) is 6.57. The fraction of sp³-hybridized carbons (Fsp3) is 0.515. The van der Waals surface area contributed by atoms with Crippen LogP contribution >= 0.6 is 11.3 Å². The van der Waals surface area contributed by atoms with Crippen molar-refractivity contribution < 1.29 is 19.1 Å². The molecule has 41 heavy (non-hydrogen) atoms. The molecule has 1 fully saturated rings. The van der Waals surface area contributed by atoms with E-state index in [4.69, 9.17) is 9.47 Å². The van der Waals surface area contributed by atoms with Gasteiger partial charge in [-0.3, -0.25) is 9.69 Å². The molecule has 1 aromatic heterocycles. The summed E-state index contributed by atoms with van der Waals surface area (Å²) < 4.78 is 12.9. The molecule has 3 heterocycles. The van der Waals surface area contributed by atoms with Gasteiger partial charge in [-0.05, 0) is 67.4 Å². The Kier molecular flexibility index (Phi) is 10.5. The summed E-state index contributed by atoms with van der Waals surface area (Å²) in [6.45, 7) is 8.45. The Balaban J connectivity index is 1.04. The first-order valence-electron chi connectivity index (χ1n) is 15.3. The standard InChI is InChI=1S/C33H43N3O4S/c1-2-3-4-5-7-23-40-33(38)36-30-25-27(14-12-26(30)13-15-32(36)37)39-22-8-6-17-34-18-20-35(21-19-34)29-10-9-11-31-28(29)16-24-41-31/h9-12,14,16,24-25H,2-8,13,15,17-23H2,1H3. The second-order valence-electron chi connectivity index (χ2n) is 11.0. The number of unbranched alkanes of at least 4 members (excludes halogenated alkanes) is 5. The predicted octanol–water partition coefficient (Wildman–Crippen LogP) is 7.27. The van der Waals surface area contributed by atoms with Crippen molar-refractivity contribution in [2.24, 2.45) is 0 Å². The first-order chi connectivity index (χ1) is 20.1. The molecular formula is C33H43N3O4S. The van der Waals surface area contributed by atoms with Crippen molar-refractivity contribution in [3.63, 3.8) is 0 Å². The SMILES string of the molecule is CCCCCCCOC(=O)N1C(=O)CCc2ccc(OCCCCN3CCN(c4cccc5sccc45)CC3)cc21. The third-order valence-corrected chi connectivity index (χ3v) is 9.02. The molecule has 0 unspecified atom stereocenters. The van der Waals surface area contributed by atoms with Gasteiger partial charge in [-0.25, -0.2) is 9.69 Å². The van der Waals surface area contributed by atoms with Gasteiger partial charge in [0, 0.05) is 54.4 Å². The maximum atomic E-state index is 12.8. The lowest BCUT2D eigenvalue weighted by Crippen LogP contribution is -2.46. The summed E-state index contributed by atoms with van der Waals surface area (Å²) in [5.41, 5.74) is 2.94. The molecule has 2 aromatic carbocycles. The van der Waals surface area contributed by atoms with E-state index in [0.717, 1.165) is 70.4 Å².